The van der Waals surface area contributed by atoms with E-state index >= 15 is 0 Å². The van der Waals surface area contributed by atoms with Crippen LogP contribution in [0.5, 0.6) is 0 Å². The highest BCUT2D eigenvalue weighted by atomic mass is 127. The smallest absolute Gasteiger partial charge is 0.194 e. The summed E-state index contributed by atoms with van der Waals surface area (Å²) in [6, 6.07) is 5.93. The van der Waals surface area contributed by atoms with E-state index in [9.17, 15) is 0 Å². The molecule has 124 valence electrons. The maximum Gasteiger partial charge on any atom is 0.194 e. The molecule has 3 heterocycles. The normalized spacial score (nSPS) is 19.7. The molecule has 2 aromatic heterocycles. The quantitative estimate of drug-likeness (QED) is 0.455. The van der Waals surface area contributed by atoms with Crippen LogP contribution in [0.3, 0.4) is 0 Å². The third kappa shape index (κ3) is 3.02. The second-order valence-corrected chi connectivity index (χ2v) is 6.47. The monoisotopic (exact) mass is 426 g/mol. The van der Waals surface area contributed by atoms with Crippen molar-refractivity contribution >= 4 is 35.6 Å². The van der Waals surface area contributed by atoms with E-state index in [2.05, 4.69) is 25.4 Å². The van der Waals surface area contributed by atoms with Gasteiger partial charge in [0.05, 0.1) is 6.54 Å². The summed E-state index contributed by atoms with van der Waals surface area (Å²) in [7, 11) is 1.86. The highest BCUT2D eigenvalue weighted by Crippen LogP contribution is 2.47. The molecule has 1 saturated heterocycles. The van der Waals surface area contributed by atoms with Gasteiger partial charge in [0.1, 0.15) is 0 Å². The molecule has 6 nitrogen and oxygen atoms in total. The number of hydrogen-bond acceptors (Lipinski definition) is 3. The van der Waals surface area contributed by atoms with Crippen LogP contribution in [0.4, 0.5) is 0 Å². The van der Waals surface area contributed by atoms with Crippen molar-refractivity contribution in [3.8, 4) is 0 Å². The zero-order chi connectivity index (χ0) is 15.0. The first kappa shape index (κ1) is 16.5. The van der Waals surface area contributed by atoms with Crippen molar-refractivity contribution in [2.45, 2.75) is 32.2 Å². The average molecular weight is 426 g/mol. The summed E-state index contributed by atoms with van der Waals surface area (Å²) in [5, 5.41) is 11.9. The second-order valence-electron chi connectivity index (χ2n) is 6.47. The summed E-state index contributed by atoms with van der Waals surface area (Å²) < 4.78 is 2.01. The first-order valence-corrected chi connectivity index (χ1v) is 8.04. The Morgan fingerprint density at radius 3 is 2.87 bits per heavy atom. The molecular weight excluding hydrogens is 403 g/mol. The lowest BCUT2D eigenvalue weighted by atomic mass is 9.68. The summed E-state index contributed by atoms with van der Waals surface area (Å²) in [5.74, 6) is 1.89. The minimum absolute atomic E-state index is 0. The average Bonchev–Trinajstić information content (AvgIpc) is 3.13. The van der Waals surface area contributed by atoms with Crippen LogP contribution < -0.4 is 5.32 Å². The second kappa shape index (κ2) is 6.62. The molecule has 1 saturated carbocycles. The maximum absolute atomic E-state index is 4.45. The van der Waals surface area contributed by atoms with Crippen LogP contribution in [0.25, 0.3) is 5.65 Å². The predicted octanol–water partition coefficient (Wildman–Crippen LogP) is 2.30. The van der Waals surface area contributed by atoms with Gasteiger partial charge in [0.25, 0.3) is 0 Å². The van der Waals surface area contributed by atoms with Crippen LogP contribution in [0.15, 0.2) is 29.4 Å². The van der Waals surface area contributed by atoms with Gasteiger partial charge >= 0.3 is 0 Å². The molecule has 0 radical (unpaired) electrons. The fraction of sp³-hybridized carbons (Fsp3) is 0.562. The molecule has 0 bridgehead atoms. The third-order valence-corrected chi connectivity index (χ3v) is 5.15. The number of halogens is 1. The highest BCUT2D eigenvalue weighted by Gasteiger charge is 2.43. The molecule has 23 heavy (non-hydrogen) atoms. The molecule has 0 atom stereocenters. The fourth-order valence-corrected chi connectivity index (χ4v) is 3.70. The Morgan fingerprint density at radius 1 is 1.30 bits per heavy atom. The lowest BCUT2D eigenvalue weighted by Gasteiger charge is -2.38. The maximum atomic E-state index is 4.45. The van der Waals surface area contributed by atoms with E-state index < -0.39 is 0 Å². The van der Waals surface area contributed by atoms with Crippen LogP contribution in [0, 0.1) is 5.41 Å². The fourth-order valence-electron chi connectivity index (χ4n) is 3.70. The van der Waals surface area contributed by atoms with Crippen molar-refractivity contribution in [2.75, 3.05) is 20.1 Å². The van der Waals surface area contributed by atoms with E-state index in [1.54, 1.807) is 0 Å². The van der Waals surface area contributed by atoms with Crippen molar-refractivity contribution in [3.05, 3.63) is 30.2 Å². The number of nitrogens with one attached hydrogen (secondary N) is 1. The summed E-state index contributed by atoms with van der Waals surface area (Å²) in [5.41, 5.74) is 1.46. The number of aliphatic imine (C=N–C) groups is 1. The largest absolute Gasteiger partial charge is 0.349 e. The molecule has 2 aromatic rings. The van der Waals surface area contributed by atoms with Crippen LogP contribution in [-0.4, -0.2) is 45.6 Å². The predicted molar refractivity (Wildman–Crippen MR) is 101 cm³/mol. The number of aromatic nitrogens is 3. The van der Waals surface area contributed by atoms with Gasteiger partial charge in [0.2, 0.25) is 0 Å². The lowest BCUT2D eigenvalue weighted by molar-refractivity contribution is 0.151. The summed E-state index contributed by atoms with van der Waals surface area (Å²) in [4.78, 5) is 6.84. The van der Waals surface area contributed by atoms with E-state index in [1.165, 1.54) is 25.7 Å². The molecule has 1 N–H and O–H groups in total. The number of pyridine rings is 1. The molecule has 0 amide bonds. The van der Waals surface area contributed by atoms with Gasteiger partial charge in [-0.1, -0.05) is 12.5 Å². The van der Waals surface area contributed by atoms with E-state index in [0.29, 0.717) is 12.0 Å². The van der Waals surface area contributed by atoms with Crippen molar-refractivity contribution in [3.63, 3.8) is 0 Å². The van der Waals surface area contributed by atoms with Gasteiger partial charge in [0, 0.05) is 26.3 Å². The van der Waals surface area contributed by atoms with E-state index in [4.69, 9.17) is 0 Å². The Bertz CT molecular complexity index is 705. The van der Waals surface area contributed by atoms with Crippen LogP contribution in [-0.2, 0) is 6.54 Å². The van der Waals surface area contributed by atoms with Crippen molar-refractivity contribution in [2.24, 2.45) is 10.4 Å². The van der Waals surface area contributed by atoms with Crippen LogP contribution >= 0.6 is 24.0 Å². The van der Waals surface area contributed by atoms with E-state index in [-0.39, 0.29) is 24.0 Å². The third-order valence-electron chi connectivity index (χ3n) is 5.15. The molecule has 1 aliphatic carbocycles. The van der Waals surface area contributed by atoms with E-state index in [1.807, 2.05) is 35.8 Å². The minimum Gasteiger partial charge on any atom is -0.349 e. The Balaban J connectivity index is 0.00000156. The standard InChI is InChI=1S/C16H22N6.HI/c1-17-15(21-10-8-16(12-21)6-4-7-16)18-11-14-20-19-13-5-2-3-9-22(13)14;/h2-3,5,9H,4,6-8,10-12H2,1H3,(H,17,18);1H. The van der Waals surface area contributed by atoms with Crippen molar-refractivity contribution < 1.29 is 0 Å². The number of fused-ring (bicyclic) bond motifs is 1. The Kier molecular flexibility index (Phi) is 4.74. The Hall–Kier alpha value is -1.38. The first-order valence-electron chi connectivity index (χ1n) is 8.04. The number of rotatable bonds is 2. The Morgan fingerprint density at radius 2 is 2.17 bits per heavy atom. The van der Waals surface area contributed by atoms with Gasteiger partial charge in [-0.05, 0) is 36.8 Å². The van der Waals surface area contributed by atoms with Crippen molar-refractivity contribution in [1.29, 1.82) is 0 Å². The van der Waals surface area contributed by atoms with Crippen molar-refractivity contribution in [1.82, 2.24) is 24.8 Å². The van der Waals surface area contributed by atoms with Crippen LogP contribution in [0.1, 0.15) is 31.5 Å². The molecule has 4 rings (SSSR count). The molecule has 2 aliphatic rings. The molecule has 1 spiro atoms. The SMILES string of the molecule is CN=C(NCc1nnc2ccccn12)N1CCC2(CCC2)C1.I. The molecule has 1 aliphatic heterocycles. The van der Waals surface area contributed by atoms with Gasteiger partial charge in [0.15, 0.2) is 17.4 Å². The van der Waals surface area contributed by atoms with Gasteiger partial charge < -0.3 is 10.2 Å². The molecular formula is C16H23IN6. The number of guanidine groups is 1. The van der Waals surface area contributed by atoms with Gasteiger partial charge in [-0.25, -0.2) is 0 Å². The van der Waals surface area contributed by atoms with Gasteiger partial charge in [-0.3, -0.25) is 9.39 Å². The summed E-state index contributed by atoms with van der Waals surface area (Å²) in [6.07, 6.45) is 7.46. The molecule has 0 unspecified atom stereocenters. The Labute approximate surface area is 153 Å². The lowest BCUT2D eigenvalue weighted by Crippen LogP contribution is -2.42. The zero-order valence-electron chi connectivity index (χ0n) is 13.4. The van der Waals surface area contributed by atoms with Gasteiger partial charge in [-0.2, -0.15) is 0 Å². The molecule has 7 heteroatoms. The zero-order valence-corrected chi connectivity index (χ0v) is 15.7. The van der Waals surface area contributed by atoms with E-state index in [0.717, 1.165) is 30.5 Å². The first-order chi connectivity index (χ1) is 10.8. The number of hydrogen-bond donors (Lipinski definition) is 1. The summed E-state index contributed by atoms with van der Waals surface area (Å²) >= 11 is 0. The number of likely N-dealkylation sites (tertiary alicyclic amines) is 1. The van der Waals surface area contributed by atoms with Gasteiger partial charge in [-0.15, -0.1) is 34.2 Å². The minimum atomic E-state index is 0. The number of nitrogens with zero attached hydrogens (tertiary/aromatic N) is 5. The molecule has 2 fully saturated rings. The summed E-state index contributed by atoms with van der Waals surface area (Å²) in [6.45, 7) is 2.90. The highest BCUT2D eigenvalue weighted by molar-refractivity contribution is 14.0. The topological polar surface area (TPSA) is 57.8 Å². The van der Waals surface area contributed by atoms with Crippen LogP contribution in [0.2, 0.25) is 0 Å². The molecule has 0 aromatic carbocycles.